The highest BCUT2D eigenvalue weighted by molar-refractivity contribution is 5.78. The maximum absolute atomic E-state index is 12.0. The molecular weight excluding hydrogens is 281 g/mol. The minimum atomic E-state index is -4.32. The van der Waals surface area contributed by atoms with Gasteiger partial charge in [-0.2, -0.15) is 13.2 Å². The molecule has 0 spiro atoms. The third-order valence-electron chi connectivity index (χ3n) is 2.92. The minimum absolute atomic E-state index is 0.249. The largest absolute Gasteiger partial charge is 0.401 e. The molecule has 0 heterocycles. The molecule has 0 aliphatic heterocycles. The van der Waals surface area contributed by atoms with Crippen molar-refractivity contribution in [2.24, 2.45) is 5.41 Å². The first kappa shape index (κ1) is 17.5. The van der Waals surface area contributed by atoms with Crippen LogP contribution < -0.4 is 10.6 Å². The van der Waals surface area contributed by atoms with Crippen LogP contribution in [0.5, 0.6) is 0 Å². The van der Waals surface area contributed by atoms with E-state index in [2.05, 4.69) is 10.6 Å². The maximum atomic E-state index is 12.0. The molecule has 2 N–H and O–H groups in total. The number of rotatable bonds is 5. The fourth-order valence-corrected chi connectivity index (χ4v) is 1.98. The first-order valence-electron chi connectivity index (χ1n) is 6.71. The van der Waals surface area contributed by atoms with E-state index in [1.807, 2.05) is 51.1 Å². The summed E-state index contributed by atoms with van der Waals surface area (Å²) in [6.45, 7) is 4.36. The number of alkyl halides is 3. The van der Waals surface area contributed by atoms with Crippen molar-refractivity contribution >= 4 is 5.91 Å². The first-order chi connectivity index (χ1) is 9.59. The van der Waals surface area contributed by atoms with Gasteiger partial charge in [-0.1, -0.05) is 51.1 Å². The van der Waals surface area contributed by atoms with Crippen LogP contribution in [0.15, 0.2) is 30.3 Å². The van der Waals surface area contributed by atoms with E-state index in [1.165, 1.54) is 0 Å². The molecule has 0 saturated heterocycles. The molecule has 0 aliphatic carbocycles. The molecule has 1 aromatic rings. The van der Waals surface area contributed by atoms with E-state index in [0.717, 1.165) is 5.56 Å². The molecule has 0 aromatic heterocycles. The molecule has 3 nitrogen and oxygen atoms in total. The molecule has 0 saturated carbocycles. The van der Waals surface area contributed by atoms with Crippen LogP contribution >= 0.6 is 0 Å². The van der Waals surface area contributed by atoms with E-state index < -0.39 is 18.6 Å². The van der Waals surface area contributed by atoms with Gasteiger partial charge >= 0.3 is 6.18 Å². The van der Waals surface area contributed by atoms with Crippen molar-refractivity contribution in [2.45, 2.75) is 33.0 Å². The van der Waals surface area contributed by atoms with Crippen molar-refractivity contribution < 1.29 is 18.0 Å². The Morgan fingerprint density at radius 3 is 2.19 bits per heavy atom. The lowest BCUT2D eigenvalue weighted by atomic mass is 9.82. The number of amides is 1. The second-order valence-corrected chi connectivity index (χ2v) is 6.00. The molecule has 0 aliphatic rings. The monoisotopic (exact) mass is 302 g/mol. The standard InChI is InChI=1S/C15H21F3N2O/c1-14(2,3)13(11-7-5-4-6-8-11)20-12(21)9-19-10-15(16,17)18/h4-8,13,19H,9-10H2,1-3H3,(H,20,21). The molecule has 0 fully saturated rings. The molecule has 1 aromatic carbocycles. The Morgan fingerprint density at radius 2 is 1.71 bits per heavy atom. The summed E-state index contributed by atoms with van der Waals surface area (Å²) in [4.78, 5) is 11.8. The summed E-state index contributed by atoms with van der Waals surface area (Å²) in [7, 11) is 0. The van der Waals surface area contributed by atoms with Gasteiger partial charge < -0.3 is 10.6 Å². The Bertz CT molecular complexity index is 452. The van der Waals surface area contributed by atoms with Gasteiger partial charge in [0.05, 0.1) is 19.1 Å². The summed E-state index contributed by atoms with van der Waals surface area (Å²) >= 11 is 0. The molecule has 118 valence electrons. The number of benzene rings is 1. The van der Waals surface area contributed by atoms with Gasteiger partial charge in [0.1, 0.15) is 0 Å². The van der Waals surface area contributed by atoms with Gasteiger partial charge in [-0.3, -0.25) is 4.79 Å². The van der Waals surface area contributed by atoms with E-state index >= 15 is 0 Å². The Morgan fingerprint density at radius 1 is 1.14 bits per heavy atom. The number of carbonyl (C=O) groups excluding carboxylic acids is 1. The van der Waals surface area contributed by atoms with Gasteiger partial charge in [0.2, 0.25) is 5.91 Å². The Hall–Kier alpha value is -1.56. The van der Waals surface area contributed by atoms with Crippen LogP contribution in [-0.4, -0.2) is 25.2 Å². The highest BCUT2D eigenvalue weighted by Crippen LogP contribution is 2.32. The summed E-state index contributed by atoms with van der Waals surface area (Å²) < 4.78 is 36.1. The van der Waals surface area contributed by atoms with Crippen LogP contribution in [0.25, 0.3) is 0 Å². The van der Waals surface area contributed by atoms with Crippen LogP contribution in [0.2, 0.25) is 0 Å². The molecule has 0 bridgehead atoms. The van der Waals surface area contributed by atoms with E-state index in [0.29, 0.717) is 0 Å². The average molecular weight is 302 g/mol. The number of hydrogen-bond donors (Lipinski definition) is 2. The van der Waals surface area contributed by atoms with Crippen molar-refractivity contribution in [1.82, 2.24) is 10.6 Å². The van der Waals surface area contributed by atoms with Crippen molar-refractivity contribution in [1.29, 1.82) is 0 Å². The molecule has 6 heteroatoms. The molecule has 1 amide bonds. The van der Waals surface area contributed by atoms with Gasteiger partial charge in [-0.15, -0.1) is 0 Å². The molecule has 21 heavy (non-hydrogen) atoms. The third kappa shape index (κ3) is 6.62. The number of halogens is 3. The van der Waals surface area contributed by atoms with Crippen LogP contribution in [0.1, 0.15) is 32.4 Å². The van der Waals surface area contributed by atoms with Crippen molar-refractivity contribution in [3.63, 3.8) is 0 Å². The maximum Gasteiger partial charge on any atom is 0.401 e. The predicted molar refractivity (Wildman–Crippen MR) is 75.7 cm³/mol. The van der Waals surface area contributed by atoms with Gasteiger partial charge in [0, 0.05) is 0 Å². The number of hydrogen-bond acceptors (Lipinski definition) is 2. The van der Waals surface area contributed by atoms with Crippen molar-refractivity contribution in [3.8, 4) is 0 Å². The molecule has 1 atom stereocenters. The van der Waals surface area contributed by atoms with Gasteiger partial charge in [0.25, 0.3) is 0 Å². The zero-order valence-electron chi connectivity index (χ0n) is 12.4. The van der Waals surface area contributed by atoms with E-state index in [4.69, 9.17) is 0 Å². The Labute approximate surface area is 122 Å². The number of nitrogens with one attached hydrogen (secondary N) is 2. The summed E-state index contributed by atoms with van der Waals surface area (Å²) in [5, 5.41) is 4.89. The van der Waals surface area contributed by atoms with Crippen molar-refractivity contribution in [3.05, 3.63) is 35.9 Å². The fourth-order valence-electron chi connectivity index (χ4n) is 1.98. The van der Waals surface area contributed by atoms with Crippen LogP contribution in [0, 0.1) is 5.41 Å². The normalized spacial score (nSPS) is 13.8. The van der Waals surface area contributed by atoms with E-state index in [9.17, 15) is 18.0 Å². The minimum Gasteiger partial charge on any atom is -0.348 e. The summed E-state index contributed by atoms with van der Waals surface area (Å²) in [6.07, 6.45) is -4.32. The van der Waals surface area contributed by atoms with Gasteiger partial charge in [-0.05, 0) is 11.0 Å². The summed E-state index contributed by atoms with van der Waals surface area (Å²) in [5.74, 6) is -0.456. The fraction of sp³-hybridized carbons (Fsp3) is 0.533. The average Bonchev–Trinajstić information content (AvgIpc) is 2.34. The second kappa shape index (κ2) is 6.93. The summed E-state index contributed by atoms with van der Waals surface area (Å²) in [5.41, 5.74) is 0.676. The van der Waals surface area contributed by atoms with Gasteiger partial charge in [-0.25, -0.2) is 0 Å². The molecule has 0 radical (unpaired) electrons. The predicted octanol–water partition coefficient (Wildman–Crippen LogP) is 3.04. The van der Waals surface area contributed by atoms with Crippen LogP contribution in [0.3, 0.4) is 0 Å². The van der Waals surface area contributed by atoms with Crippen molar-refractivity contribution in [2.75, 3.05) is 13.1 Å². The second-order valence-electron chi connectivity index (χ2n) is 6.00. The lowest BCUT2D eigenvalue weighted by Gasteiger charge is -2.32. The first-order valence-corrected chi connectivity index (χ1v) is 6.71. The third-order valence-corrected chi connectivity index (χ3v) is 2.92. The van der Waals surface area contributed by atoms with Gasteiger partial charge in [0.15, 0.2) is 0 Å². The van der Waals surface area contributed by atoms with Crippen LogP contribution in [-0.2, 0) is 4.79 Å². The zero-order chi connectivity index (χ0) is 16.1. The highest BCUT2D eigenvalue weighted by atomic mass is 19.4. The smallest absolute Gasteiger partial charge is 0.348 e. The lowest BCUT2D eigenvalue weighted by Crippen LogP contribution is -2.42. The lowest BCUT2D eigenvalue weighted by molar-refractivity contribution is -0.129. The Kier molecular flexibility index (Phi) is 5.78. The molecule has 1 unspecified atom stereocenters. The van der Waals surface area contributed by atoms with E-state index in [1.54, 1.807) is 0 Å². The zero-order valence-corrected chi connectivity index (χ0v) is 12.4. The SMILES string of the molecule is CC(C)(C)C(NC(=O)CNCC(F)(F)F)c1ccccc1. The van der Waals surface area contributed by atoms with E-state index in [-0.39, 0.29) is 18.0 Å². The molecular formula is C15H21F3N2O. The molecule has 1 rings (SSSR count). The quantitative estimate of drug-likeness (QED) is 0.878. The van der Waals surface area contributed by atoms with Crippen LogP contribution in [0.4, 0.5) is 13.2 Å². The highest BCUT2D eigenvalue weighted by Gasteiger charge is 2.29. The Balaban J connectivity index is 2.64. The number of carbonyl (C=O) groups is 1. The topological polar surface area (TPSA) is 41.1 Å². The summed E-state index contributed by atoms with van der Waals surface area (Å²) in [6, 6.07) is 9.11.